The van der Waals surface area contributed by atoms with Crippen LogP contribution in [0.1, 0.15) is 51.4 Å². The lowest BCUT2D eigenvalue weighted by Gasteiger charge is -2.42. The first-order chi connectivity index (χ1) is 15.7. The third-order valence-corrected chi connectivity index (χ3v) is 7.56. The molecule has 6 heteroatoms. The molecule has 3 fully saturated rings. The first-order valence-corrected chi connectivity index (χ1v) is 12.4. The number of aliphatic hydroxyl groups is 1. The Morgan fingerprint density at radius 3 is 2.66 bits per heavy atom. The number of pyridine rings is 1. The second-order valence-corrected chi connectivity index (χ2v) is 9.53. The van der Waals surface area contributed by atoms with Crippen LogP contribution in [0.5, 0.6) is 0 Å². The molecule has 0 amide bonds. The molecule has 5 nitrogen and oxygen atoms in total. The minimum atomic E-state index is -0.174. The number of rotatable bonds is 6. The Balaban J connectivity index is 1.45. The van der Waals surface area contributed by atoms with Crippen molar-refractivity contribution in [2.45, 2.75) is 69.5 Å². The lowest BCUT2D eigenvalue weighted by molar-refractivity contribution is 0.279. The molecule has 0 aliphatic carbocycles. The van der Waals surface area contributed by atoms with Gasteiger partial charge in [-0.1, -0.05) is 6.07 Å². The second-order valence-electron chi connectivity index (χ2n) is 9.53. The first kappa shape index (κ1) is 21.5. The Hall–Kier alpha value is -2.34. The van der Waals surface area contributed by atoms with E-state index in [1.165, 1.54) is 31.0 Å². The van der Waals surface area contributed by atoms with Crippen molar-refractivity contribution in [3.8, 4) is 0 Å². The standard InChI is InChI=1S/C26H35FN4O/c27-20-7-4-8-22(17-20)30-15-5-10-24-25(30)18-23(9-6-16-32)31(24)26-19-21(11-12-28-26)29-13-2-1-3-14-29/h4,7-8,11-12,17,19,23-25,32H,1-3,5-6,9-10,13-16,18H2/t23-,24+,25-/m1/s1. The molecule has 5 rings (SSSR count). The van der Waals surface area contributed by atoms with Gasteiger partial charge in [-0.25, -0.2) is 9.37 Å². The van der Waals surface area contributed by atoms with E-state index < -0.39 is 0 Å². The summed E-state index contributed by atoms with van der Waals surface area (Å²) in [5.41, 5.74) is 2.26. The van der Waals surface area contributed by atoms with Crippen molar-refractivity contribution in [1.82, 2.24) is 4.98 Å². The van der Waals surface area contributed by atoms with Crippen LogP contribution >= 0.6 is 0 Å². The molecule has 0 bridgehead atoms. The summed E-state index contributed by atoms with van der Waals surface area (Å²) in [6, 6.07) is 12.5. The lowest BCUT2D eigenvalue weighted by Crippen LogP contribution is -2.50. The molecule has 3 aliphatic heterocycles. The number of halogens is 1. The summed E-state index contributed by atoms with van der Waals surface area (Å²) in [7, 11) is 0. The van der Waals surface area contributed by atoms with E-state index in [-0.39, 0.29) is 12.4 Å². The van der Waals surface area contributed by atoms with Crippen LogP contribution < -0.4 is 14.7 Å². The molecule has 2 aromatic rings. The van der Waals surface area contributed by atoms with Crippen LogP contribution in [-0.4, -0.2) is 54.5 Å². The average Bonchev–Trinajstić information content (AvgIpc) is 3.22. The number of hydrogen-bond donors (Lipinski definition) is 1. The molecule has 3 saturated heterocycles. The predicted molar refractivity (Wildman–Crippen MR) is 128 cm³/mol. The Bertz CT molecular complexity index is 903. The van der Waals surface area contributed by atoms with Gasteiger partial charge in [0, 0.05) is 55.9 Å². The van der Waals surface area contributed by atoms with Gasteiger partial charge in [0.05, 0.1) is 12.1 Å². The van der Waals surface area contributed by atoms with Crippen LogP contribution in [0.3, 0.4) is 0 Å². The molecule has 1 N–H and O–H groups in total. The van der Waals surface area contributed by atoms with E-state index in [0.29, 0.717) is 18.1 Å². The number of hydrogen-bond acceptors (Lipinski definition) is 5. The Labute approximate surface area is 190 Å². The molecular weight excluding hydrogens is 403 g/mol. The fourth-order valence-corrected chi connectivity index (χ4v) is 6.12. The zero-order chi connectivity index (χ0) is 21.9. The molecule has 0 unspecified atom stereocenters. The van der Waals surface area contributed by atoms with Crippen molar-refractivity contribution in [1.29, 1.82) is 0 Å². The van der Waals surface area contributed by atoms with Crippen LogP contribution in [-0.2, 0) is 0 Å². The minimum absolute atomic E-state index is 0.174. The van der Waals surface area contributed by atoms with E-state index in [1.807, 2.05) is 18.3 Å². The van der Waals surface area contributed by atoms with Crippen molar-refractivity contribution in [3.63, 3.8) is 0 Å². The SMILES string of the molecule is OCCC[C@@H]1C[C@@H]2[C@H](CCCN2c2cccc(F)c2)N1c1cc(N2CCCCC2)ccn1. The number of aromatic nitrogens is 1. The summed E-state index contributed by atoms with van der Waals surface area (Å²) >= 11 is 0. The van der Waals surface area contributed by atoms with Gasteiger partial charge in [-0.3, -0.25) is 0 Å². The van der Waals surface area contributed by atoms with Crippen molar-refractivity contribution in [2.75, 3.05) is 40.9 Å². The fraction of sp³-hybridized carbons (Fsp3) is 0.577. The maximum Gasteiger partial charge on any atom is 0.131 e. The van der Waals surface area contributed by atoms with Crippen LogP contribution in [0, 0.1) is 5.82 Å². The molecule has 4 heterocycles. The van der Waals surface area contributed by atoms with E-state index in [4.69, 9.17) is 4.98 Å². The van der Waals surface area contributed by atoms with Crippen molar-refractivity contribution in [2.24, 2.45) is 0 Å². The molecule has 1 aromatic carbocycles. The molecular formula is C26H35FN4O. The third kappa shape index (κ3) is 4.29. The number of nitrogens with zero attached hydrogens (tertiary/aromatic N) is 4. The van der Waals surface area contributed by atoms with Gasteiger partial charge in [0.25, 0.3) is 0 Å². The number of piperidine rings is 2. The molecule has 0 saturated carbocycles. The van der Waals surface area contributed by atoms with E-state index >= 15 is 0 Å². The van der Waals surface area contributed by atoms with Crippen molar-refractivity contribution >= 4 is 17.2 Å². The highest BCUT2D eigenvalue weighted by molar-refractivity contribution is 5.59. The van der Waals surface area contributed by atoms with E-state index in [1.54, 1.807) is 6.07 Å². The van der Waals surface area contributed by atoms with E-state index in [2.05, 4.69) is 26.8 Å². The van der Waals surface area contributed by atoms with Gasteiger partial charge in [0.1, 0.15) is 11.6 Å². The van der Waals surface area contributed by atoms with Gasteiger partial charge >= 0.3 is 0 Å². The Morgan fingerprint density at radius 1 is 0.969 bits per heavy atom. The summed E-state index contributed by atoms with van der Waals surface area (Å²) in [5, 5.41) is 9.52. The third-order valence-electron chi connectivity index (χ3n) is 7.56. The largest absolute Gasteiger partial charge is 0.396 e. The zero-order valence-electron chi connectivity index (χ0n) is 18.9. The normalized spacial score (nSPS) is 25.8. The molecule has 1 aromatic heterocycles. The van der Waals surface area contributed by atoms with Crippen LogP contribution in [0.25, 0.3) is 0 Å². The van der Waals surface area contributed by atoms with Gasteiger partial charge in [-0.15, -0.1) is 0 Å². The Morgan fingerprint density at radius 2 is 1.84 bits per heavy atom. The molecule has 0 spiro atoms. The highest BCUT2D eigenvalue weighted by Gasteiger charge is 2.46. The highest BCUT2D eigenvalue weighted by atomic mass is 19.1. The summed E-state index contributed by atoms with van der Waals surface area (Å²) in [6.07, 6.45) is 10.8. The van der Waals surface area contributed by atoms with Crippen LogP contribution in [0.4, 0.5) is 21.6 Å². The summed E-state index contributed by atoms with van der Waals surface area (Å²) < 4.78 is 14.0. The van der Waals surface area contributed by atoms with Gasteiger partial charge < -0.3 is 19.8 Å². The van der Waals surface area contributed by atoms with Crippen LogP contribution in [0.15, 0.2) is 42.6 Å². The van der Waals surface area contributed by atoms with Crippen molar-refractivity contribution < 1.29 is 9.50 Å². The average molecular weight is 439 g/mol. The number of aliphatic hydroxyl groups excluding tert-OH is 1. The van der Waals surface area contributed by atoms with E-state index in [0.717, 1.165) is 63.2 Å². The first-order valence-electron chi connectivity index (χ1n) is 12.4. The van der Waals surface area contributed by atoms with Gasteiger partial charge in [0.2, 0.25) is 0 Å². The highest BCUT2D eigenvalue weighted by Crippen LogP contribution is 2.41. The minimum Gasteiger partial charge on any atom is -0.396 e. The molecule has 32 heavy (non-hydrogen) atoms. The van der Waals surface area contributed by atoms with Gasteiger partial charge in [-0.2, -0.15) is 0 Å². The van der Waals surface area contributed by atoms with Gasteiger partial charge in [0.15, 0.2) is 0 Å². The maximum atomic E-state index is 14.0. The van der Waals surface area contributed by atoms with E-state index in [9.17, 15) is 9.50 Å². The Kier molecular flexibility index (Phi) is 6.49. The molecule has 3 atom stereocenters. The number of fused-ring (bicyclic) bond motifs is 1. The predicted octanol–water partition coefficient (Wildman–Crippen LogP) is 4.60. The molecule has 172 valence electrons. The molecule has 0 radical (unpaired) electrons. The lowest BCUT2D eigenvalue weighted by atomic mass is 9.95. The number of anilines is 3. The van der Waals surface area contributed by atoms with Crippen LogP contribution in [0.2, 0.25) is 0 Å². The monoisotopic (exact) mass is 438 g/mol. The smallest absolute Gasteiger partial charge is 0.131 e. The van der Waals surface area contributed by atoms with Gasteiger partial charge in [-0.05, 0) is 75.6 Å². The summed E-state index contributed by atoms with van der Waals surface area (Å²) in [4.78, 5) is 12.3. The number of benzene rings is 1. The molecule has 3 aliphatic rings. The zero-order valence-corrected chi connectivity index (χ0v) is 18.9. The summed E-state index contributed by atoms with van der Waals surface area (Å²) in [5.74, 6) is 0.886. The maximum absolute atomic E-state index is 14.0. The topological polar surface area (TPSA) is 42.8 Å². The van der Waals surface area contributed by atoms with Crippen molar-refractivity contribution in [3.05, 3.63) is 48.4 Å². The fourth-order valence-electron chi connectivity index (χ4n) is 6.12. The quantitative estimate of drug-likeness (QED) is 0.714. The summed E-state index contributed by atoms with van der Waals surface area (Å²) in [6.45, 7) is 3.43. The second kappa shape index (κ2) is 9.65.